The van der Waals surface area contributed by atoms with Crippen molar-refractivity contribution in [2.75, 3.05) is 0 Å². The Labute approximate surface area is 86.6 Å². The molecular formula is C7H4BrN3OS. The Morgan fingerprint density at radius 3 is 3.08 bits per heavy atom. The zero-order valence-corrected chi connectivity index (χ0v) is 8.75. The molecule has 0 atom stereocenters. The quantitative estimate of drug-likeness (QED) is 0.347. The van der Waals surface area contributed by atoms with E-state index in [0.29, 0.717) is 0 Å². The molecule has 0 aliphatic heterocycles. The van der Waals surface area contributed by atoms with Gasteiger partial charge in [-0.05, 0) is 44.8 Å². The van der Waals surface area contributed by atoms with Crippen molar-refractivity contribution in [2.24, 2.45) is 5.11 Å². The van der Waals surface area contributed by atoms with Crippen molar-refractivity contribution in [2.45, 2.75) is 0 Å². The molecule has 0 spiro atoms. The zero-order chi connectivity index (χ0) is 9.68. The largest absolute Gasteiger partial charge is 0.288 e. The van der Waals surface area contributed by atoms with Gasteiger partial charge in [-0.15, -0.1) is 11.3 Å². The molecule has 0 fully saturated rings. The Bertz CT molecular complexity index is 392. The lowest BCUT2D eigenvalue weighted by molar-refractivity contribution is -0.113. The van der Waals surface area contributed by atoms with E-state index in [0.717, 1.165) is 9.35 Å². The van der Waals surface area contributed by atoms with Gasteiger partial charge in [0.25, 0.3) is 0 Å². The second-order valence-corrected chi connectivity index (χ2v) is 3.89. The summed E-state index contributed by atoms with van der Waals surface area (Å²) in [6.45, 7) is 0. The molecule has 0 radical (unpaired) electrons. The number of carbonyl (C=O) groups is 1. The fraction of sp³-hybridized carbons (Fsp3) is 0. The molecular weight excluding hydrogens is 254 g/mol. The predicted molar refractivity (Wildman–Crippen MR) is 55.2 cm³/mol. The summed E-state index contributed by atoms with van der Waals surface area (Å²) < 4.78 is 0.966. The molecule has 0 saturated heterocycles. The van der Waals surface area contributed by atoms with Crippen molar-refractivity contribution in [3.63, 3.8) is 0 Å². The minimum absolute atomic E-state index is 0.591. The lowest BCUT2D eigenvalue weighted by Gasteiger charge is -1.80. The van der Waals surface area contributed by atoms with Crippen LogP contribution in [0.3, 0.4) is 0 Å². The molecule has 0 aliphatic rings. The van der Waals surface area contributed by atoms with Crippen LogP contribution in [0.1, 0.15) is 4.88 Å². The highest BCUT2D eigenvalue weighted by molar-refractivity contribution is 9.10. The van der Waals surface area contributed by atoms with E-state index in [1.807, 2.05) is 11.4 Å². The molecule has 13 heavy (non-hydrogen) atoms. The lowest BCUT2D eigenvalue weighted by Crippen LogP contribution is -1.80. The molecule has 0 unspecified atom stereocenters. The van der Waals surface area contributed by atoms with Gasteiger partial charge in [-0.1, -0.05) is 0 Å². The van der Waals surface area contributed by atoms with Crippen molar-refractivity contribution in [1.29, 1.82) is 0 Å². The number of nitrogens with zero attached hydrogens (tertiary/aromatic N) is 3. The summed E-state index contributed by atoms with van der Waals surface area (Å²) in [5, 5.41) is 4.79. The van der Waals surface area contributed by atoms with Gasteiger partial charge in [-0.25, -0.2) is 0 Å². The van der Waals surface area contributed by atoms with E-state index in [2.05, 4.69) is 26.0 Å². The third-order valence-electron chi connectivity index (χ3n) is 1.12. The second kappa shape index (κ2) is 4.81. The first-order chi connectivity index (χ1) is 6.22. The molecule has 4 nitrogen and oxygen atoms in total. The highest BCUT2D eigenvalue weighted by atomic mass is 79.9. The maximum absolute atomic E-state index is 10.7. The van der Waals surface area contributed by atoms with Gasteiger partial charge in [0.15, 0.2) is 0 Å². The first-order valence-electron chi connectivity index (χ1n) is 3.23. The highest BCUT2D eigenvalue weighted by Gasteiger charge is 1.93. The zero-order valence-electron chi connectivity index (χ0n) is 6.35. The van der Waals surface area contributed by atoms with Crippen LogP contribution in [0.5, 0.6) is 0 Å². The molecule has 1 aromatic heterocycles. The van der Waals surface area contributed by atoms with E-state index in [1.54, 1.807) is 6.08 Å². The predicted octanol–water partition coefficient (Wildman–Crippen LogP) is 3.36. The monoisotopic (exact) mass is 257 g/mol. The molecule has 0 N–H and O–H groups in total. The summed E-state index contributed by atoms with van der Waals surface area (Å²) in [4.78, 5) is 14.0. The molecule has 1 rings (SSSR count). The average molecular weight is 258 g/mol. The van der Waals surface area contributed by atoms with Crippen molar-refractivity contribution in [3.05, 3.63) is 37.3 Å². The van der Waals surface area contributed by atoms with Gasteiger partial charge < -0.3 is 0 Å². The fourth-order valence-corrected chi connectivity index (χ4v) is 1.98. The maximum Gasteiger partial charge on any atom is 0.242 e. The maximum atomic E-state index is 10.7. The molecule has 1 aromatic rings. The van der Waals surface area contributed by atoms with Gasteiger partial charge in [0.05, 0.1) is 0 Å². The van der Waals surface area contributed by atoms with E-state index < -0.39 is 5.91 Å². The first-order valence-corrected chi connectivity index (χ1v) is 4.91. The van der Waals surface area contributed by atoms with Crippen LogP contribution in [0.4, 0.5) is 0 Å². The topological polar surface area (TPSA) is 65.8 Å². The summed E-state index contributed by atoms with van der Waals surface area (Å²) in [6.07, 6.45) is 2.84. The standard InChI is InChI=1S/C7H4BrN3OS/c8-5-3-6(13-4-5)1-2-7(12)10-11-9/h1-4H. The third kappa shape index (κ3) is 3.42. The van der Waals surface area contributed by atoms with Crippen LogP contribution in [-0.4, -0.2) is 5.91 Å². The Morgan fingerprint density at radius 1 is 1.77 bits per heavy atom. The van der Waals surface area contributed by atoms with E-state index in [-0.39, 0.29) is 0 Å². The van der Waals surface area contributed by atoms with Crippen LogP contribution < -0.4 is 0 Å². The summed E-state index contributed by atoms with van der Waals surface area (Å²) in [5.74, 6) is -0.591. The molecule has 0 aromatic carbocycles. The van der Waals surface area contributed by atoms with Crippen molar-refractivity contribution < 1.29 is 4.79 Å². The molecule has 0 saturated carbocycles. The van der Waals surface area contributed by atoms with Crippen LogP contribution in [0.15, 0.2) is 27.1 Å². The van der Waals surface area contributed by atoms with Gasteiger partial charge in [0.2, 0.25) is 5.91 Å². The van der Waals surface area contributed by atoms with Gasteiger partial charge in [0, 0.05) is 19.6 Å². The Hall–Kier alpha value is -1.10. The summed E-state index contributed by atoms with van der Waals surface area (Å²) in [6, 6.07) is 1.87. The van der Waals surface area contributed by atoms with Crippen LogP contribution in [-0.2, 0) is 4.79 Å². The SMILES string of the molecule is [N-]=[N+]=NC(=O)C=Cc1cc(Br)cs1. The first kappa shape index (κ1) is 9.98. The summed E-state index contributed by atoms with van der Waals surface area (Å²) >= 11 is 4.77. The van der Waals surface area contributed by atoms with Gasteiger partial charge >= 0.3 is 0 Å². The number of hydrogen-bond acceptors (Lipinski definition) is 2. The molecule has 0 aliphatic carbocycles. The number of azide groups is 1. The van der Waals surface area contributed by atoms with E-state index in [1.165, 1.54) is 17.4 Å². The number of hydrogen-bond donors (Lipinski definition) is 0. The minimum Gasteiger partial charge on any atom is -0.288 e. The van der Waals surface area contributed by atoms with Gasteiger partial charge in [-0.3, -0.25) is 4.79 Å². The summed E-state index contributed by atoms with van der Waals surface area (Å²) in [5.41, 5.74) is 7.94. The second-order valence-electron chi connectivity index (χ2n) is 2.03. The average Bonchev–Trinajstić information content (AvgIpc) is 2.49. The van der Waals surface area contributed by atoms with Crippen molar-refractivity contribution >= 4 is 39.2 Å². The van der Waals surface area contributed by atoms with E-state index >= 15 is 0 Å². The van der Waals surface area contributed by atoms with Crippen LogP contribution in [0, 0.1) is 0 Å². The molecule has 1 heterocycles. The Kier molecular flexibility index (Phi) is 3.70. The molecule has 0 bridgehead atoms. The highest BCUT2D eigenvalue weighted by Crippen LogP contribution is 2.20. The normalized spacial score (nSPS) is 9.92. The number of halogens is 1. The van der Waals surface area contributed by atoms with Crippen LogP contribution in [0.25, 0.3) is 16.5 Å². The Morgan fingerprint density at radius 2 is 2.54 bits per heavy atom. The smallest absolute Gasteiger partial charge is 0.242 e. The third-order valence-corrected chi connectivity index (χ3v) is 2.78. The number of rotatable bonds is 2. The minimum atomic E-state index is -0.591. The van der Waals surface area contributed by atoms with E-state index in [4.69, 9.17) is 5.53 Å². The summed E-state index contributed by atoms with van der Waals surface area (Å²) in [7, 11) is 0. The molecule has 66 valence electrons. The van der Waals surface area contributed by atoms with Crippen molar-refractivity contribution in [1.82, 2.24) is 0 Å². The van der Waals surface area contributed by atoms with Crippen LogP contribution in [0.2, 0.25) is 0 Å². The fourth-order valence-electron chi connectivity index (χ4n) is 0.647. The Balaban J connectivity index is 2.68. The molecule has 6 heteroatoms. The number of amides is 1. The number of carbonyl (C=O) groups excluding carboxylic acids is 1. The number of thiophene rings is 1. The van der Waals surface area contributed by atoms with Gasteiger partial charge in [-0.2, -0.15) is 0 Å². The lowest BCUT2D eigenvalue weighted by atomic mass is 10.4. The van der Waals surface area contributed by atoms with Gasteiger partial charge in [0.1, 0.15) is 0 Å². The van der Waals surface area contributed by atoms with E-state index in [9.17, 15) is 4.79 Å². The molecule has 1 amide bonds. The van der Waals surface area contributed by atoms with Crippen LogP contribution >= 0.6 is 27.3 Å². The van der Waals surface area contributed by atoms with Crippen molar-refractivity contribution in [3.8, 4) is 0 Å².